The quantitative estimate of drug-likeness (QED) is 0.860. The van der Waals surface area contributed by atoms with E-state index in [1.165, 1.54) is 0 Å². The number of aromatic amines is 1. The predicted octanol–water partition coefficient (Wildman–Crippen LogP) is 1.87. The van der Waals surface area contributed by atoms with Crippen LogP contribution in [-0.2, 0) is 9.59 Å². The molecule has 1 aliphatic carbocycles. The Hall–Kier alpha value is -1.78. The molecule has 0 unspecified atom stereocenters. The molecule has 18 heavy (non-hydrogen) atoms. The van der Waals surface area contributed by atoms with Gasteiger partial charge in [0.2, 0.25) is 5.91 Å². The number of carboxylic acid groups (broad SMARTS) is 1. The number of amides is 1. The fourth-order valence-electron chi connectivity index (χ4n) is 2.51. The van der Waals surface area contributed by atoms with Gasteiger partial charge in [-0.1, -0.05) is 0 Å². The van der Waals surface area contributed by atoms with E-state index in [9.17, 15) is 9.59 Å². The van der Waals surface area contributed by atoms with Crippen molar-refractivity contribution in [3.8, 4) is 0 Å². The van der Waals surface area contributed by atoms with Gasteiger partial charge in [-0.2, -0.15) is 0 Å². The molecule has 0 bridgehead atoms. The summed E-state index contributed by atoms with van der Waals surface area (Å²) in [6.45, 7) is 0. The minimum Gasteiger partial charge on any atom is -0.481 e. The van der Waals surface area contributed by atoms with Crippen LogP contribution in [0, 0.1) is 11.8 Å². The molecule has 1 heterocycles. The highest BCUT2D eigenvalue weighted by molar-refractivity contribution is 5.93. The van der Waals surface area contributed by atoms with Crippen LogP contribution < -0.4 is 4.90 Å². The van der Waals surface area contributed by atoms with Gasteiger partial charge in [0, 0.05) is 19.2 Å². The lowest BCUT2D eigenvalue weighted by atomic mass is 9.81. The molecule has 1 aromatic rings. The summed E-state index contributed by atoms with van der Waals surface area (Å²) in [6, 6.07) is 3.70. The summed E-state index contributed by atoms with van der Waals surface area (Å²) in [7, 11) is 1.75. The SMILES string of the molecule is CN(C(=O)C1CCC(C(=O)O)CC1)c1ccc[nH]1. The molecule has 0 radical (unpaired) electrons. The summed E-state index contributed by atoms with van der Waals surface area (Å²) in [5, 5.41) is 8.92. The number of nitrogens with one attached hydrogen (secondary N) is 1. The van der Waals surface area contributed by atoms with Gasteiger partial charge in [0.15, 0.2) is 0 Å². The van der Waals surface area contributed by atoms with Gasteiger partial charge in [0.1, 0.15) is 5.82 Å². The van der Waals surface area contributed by atoms with E-state index in [4.69, 9.17) is 5.11 Å². The lowest BCUT2D eigenvalue weighted by Crippen LogP contribution is -2.36. The number of rotatable bonds is 3. The number of carbonyl (C=O) groups excluding carboxylic acids is 1. The van der Waals surface area contributed by atoms with Gasteiger partial charge < -0.3 is 15.0 Å². The summed E-state index contributed by atoms with van der Waals surface area (Å²) in [5.41, 5.74) is 0. The zero-order valence-electron chi connectivity index (χ0n) is 10.4. The van der Waals surface area contributed by atoms with Gasteiger partial charge in [-0.25, -0.2) is 0 Å². The topological polar surface area (TPSA) is 73.4 Å². The molecule has 0 aromatic carbocycles. The molecule has 2 rings (SSSR count). The Morgan fingerprint density at radius 1 is 1.28 bits per heavy atom. The van der Waals surface area contributed by atoms with E-state index in [0.717, 1.165) is 5.82 Å². The van der Waals surface area contributed by atoms with Crippen molar-refractivity contribution in [2.45, 2.75) is 25.7 Å². The van der Waals surface area contributed by atoms with E-state index in [0.29, 0.717) is 25.7 Å². The Morgan fingerprint density at radius 2 is 1.89 bits per heavy atom. The number of hydrogen-bond acceptors (Lipinski definition) is 2. The Labute approximate surface area is 106 Å². The van der Waals surface area contributed by atoms with Gasteiger partial charge in [-0.05, 0) is 37.8 Å². The van der Waals surface area contributed by atoms with Crippen molar-refractivity contribution in [1.29, 1.82) is 0 Å². The summed E-state index contributed by atoms with van der Waals surface area (Å²) >= 11 is 0. The zero-order chi connectivity index (χ0) is 13.1. The van der Waals surface area contributed by atoms with Crippen LogP contribution >= 0.6 is 0 Å². The Morgan fingerprint density at radius 3 is 2.39 bits per heavy atom. The number of carboxylic acids is 1. The van der Waals surface area contributed by atoms with E-state index in [1.54, 1.807) is 18.1 Å². The Bertz CT molecular complexity index is 419. The highest BCUT2D eigenvalue weighted by Crippen LogP contribution is 2.30. The average molecular weight is 250 g/mol. The van der Waals surface area contributed by atoms with Crippen LogP contribution in [0.2, 0.25) is 0 Å². The van der Waals surface area contributed by atoms with Crippen molar-refractivity contribution in [1.82, 2.24) is 4.98 Å². The largest absolute Gasteiger partial charge is 0.481 e. The minimum absolute atomic E-state index is 0.0473. The van der Waals surface area contributed by atoms with Crippen LogP contribution in [0.15, 0.2) is 18.3 Å². The van der Waals surface area contributed by atoms with Crippen molar-refractivity contribution >= 4 is 17.7 Å². The normalized spacial score (nSPS) is 23.6. The molecule has 2 N–H and O–H groups in total. The molecule has 1 amide bonds. The number of nitrogens with zero attached hydrogens (tertiary/aromatic N) is 1. The first-order valence-corrected chi connectivity index (χ1v) is 6.23. The zero-order valence-corrected chi connectivity index (χ0v) is 10.4. The third-order valence-electron chi connectivity index (χ3n) is 3.70. The maximum Gasteiger partial charge on any atom is 0.306 e. The van der Waals surface area contributed by atoms with E-state index in [-0.39, 0.29) is 17.7 Å². The molecule has 1 saturated carbocycles. The lowest BCUT2D eigenvalue weighted by Gasteiger charge is -2.28. The van der Waals surface area contributed by atoms with Gasteiger partial charge >= 0.3 is 5.97 Å². The lowest BCUT2D eigenvalue weighted by molar-refractivity contribution is -0.143. The summed E-state index contributed by atoms with van der Waals surface area (Å²) < 4.78 is 0. The maximum absolute atomic E-state index is 12.2. The molecule has 98 valence electrons. The molecular weight excluding hydrogens is 232 g/mol. The minimum atomic E-state index is -0.737. The van der Waals surface area contributed by atoms with Crippen molar-refractivity contribution in [2.24, 2.45) is 11.8 Å². The number of anilines is 1. The van der Waals surface area contributed by atoms with Crippen molar-refractivity contribution in [3.05, 3.63) is 18.3 Å². The van der Waals surface area contributed by atoms with Crippen LogP contribution in [0.1, 0.15) is 25.7 Å². The van der Waals surface area contributed by atoms with E-state index < -0.39 is 5.97 Å². The van der Waals surface area contributed by atoms with Crippen molar-refractivity contribution in [3.63, 3.8) is 0 Å². The van der Waals surface area contributed by atoms with Crippen LogP contribution in [-0.4, -0.2) is 29.0 Å². The first kappa shape index (κ1) is 12.7. The molecule has 0 spiro atoms. The molecule has 1 fully saturated rings. The van der Waals surface area contributed by atoms with Crippen LogP contribution in [0.3, 0.4) is 0 Å². The standard InChI is InChI=1S/C13H18N2O3/c1-15(11-3-2-8-14-11)12(16)9-4-6-10(7-5-9)13(17)18/h2-3,8-10,14H,4-7H2,1H3,(H,17,18). The second-order valence-corrected chi connectivity index (χ2v) is 4.84. The van der Waals surface area contributed by atoms with Gasteiger partial charge in [0.05, 0.1) is 5.92 Å². The van der Waals surface area contributed by atoms with E-state index in [1.807, 2.05) is 12.1 Å². The third-order valence-corrected chi connectivity index (χ3v) is 3.70. The number of carbonyl (C=O) groups is 2. The number of hydrogen-bond donors (Lipinski definition) is 2. The second kappa shape index (κ2) is 5.25. The first-order valence-electron chi connectivity index (χ1n) is 6.23. The predicted molar refractivity (Wildman–Crippen MR) is 67.3 cm³/mol. The monoisotopic (exact) mass is 250 g/mol. The maximum atomic E-state index is 12.2. The number of H-pyrrole nitrogens is 1. The third kappa shape index (κ3) is 2.55. The first-order chi connectivity index (χ1) is 8.59. The Balaban J connectivity index is 1.93. The highest BCUT2D eigenvalue weighted by Gasteiger charge is 2.31. The molecule has 0 saturated heterocycles. The van der Waals surface area contributed by atoms with Crippen molar-refractivity contribution in [2.75, 3.05) is 11.9 Å². The summed E-state index contributed by atoms with van der Waals surface area (Å²) in [5.74, 6) is -0.209. The van der Waals surface area contributed by atoms with Crippen LogP contribution in [0.25, 0.3) is 0 Å². The number of aromatic nitrogens is 1. The van der Waals surface area contributed by atoms with E-state index >= 15 is 0 Å². The summed E-state index contributed by atoms with van der Waals surface area (Å²) in [6.07, 6.45) is 4.32. The Kier molecular flexibility index (Phi) is 3.69. The van der Waals surface area contributed by atoms with Crippen molar-refractivity contribution < 1.29 is 14.7 Å². The van der Waals surface area contributed by atoms with E-state index in [2.05, 4.69) is 4.98 Å². The van der Waals surface area contributed by atoms with Gasteiger partial charge in [-0.15, -0.1) is 0 Å². The number of aliphatic carboxylic acids is 1. The summed E-state index contributed by atoms with van der Waals surface area (Å²) in [4.78, 5) is 27.7. The second-order valence-electron chi connectivity index (χ2n) is 4.84. The average Bonchev–Trinajstić information content (AvgIpc) is 2.91. The fraction of sp³-hybridized carbons (Fsp3) is 0.538. The smallest absolute Gasteiger partial charge is 0.306 e. The molecule has 1 aliphatic rings. The molecule has 1 aromatic heterocycles. The highest BCUT2D eigenvalue weighted by atomic mass is 16.4. The van der Waals surface area contributed by atoms with Crippen LogP contribution in [0.5, 0.6) is 0 Å². The molecule has 0 atom stereocenters. The van der Waals surface area contributed by atoms with Gasteiger partial charge in [-0.3, -0.25) is 9.59 Å². The van der Waals surface area contributed by atoms with Gasteiger partial charge in [0.25, 0.3) is 0 Å². The molecular formula is C13H18N2O3. The fourth-order valence-corrected chi connectivity index (χ4v) is 2.51. The molecule has 5 nitrogen and oxygen atoms in total. The molecule has 0 aliphatic heterocycles. The molecule has 5 heteroatoms. The van der Waals surface area contributed by atoms with Crippen LogP contribution in [0.4, 0.5) is 5.82 Å².